The molecule has 0 rings (SSSR count). The number of rotatable bonds is 0. The van der Waals surface area contributed by atoms with Crippen LogP contribution in [0.5, 0.6) is 0 Å². The fourth-order valence-corrected chi connectivity index (χ4v) is 0. The molecule has 0 unspecified atom stereocenters. The summed E-state index contributed by atoms with van der Waals surface area (Å²) in [5.41, 5.74) is 0. The van der Waals surface area contributed by atoms with Crippen molar-refractivity contribution in [3.05, 3.63) is 0 Å². The smallest absolute Gasteiger partial charge is 0.0311 e. The van der Waals surface area contributed by atoms with Gasteiger partial charge in [-0.3, -0.25) is 8.42 Å². The summed E-state index contributed by atoms with van der Waals surface area (Å²) in [7, 11) is -5.17. The largest absolute Gasteiger partial charge is 0.759 e. The molecule has 0 fully saturated rings. The first-order chi connectivity index (χ1) is 2.00. The first-order valence-corrected chi connectivity index (χ1v) is 2.00. The topological polar surface area (TPSA) is 153 Å². The molecule has 0 amide bonds. The summed E-state index contributed by atoms with van der Waals surface area (Å²) in [6.07, 6.45) is 0. The van der Waals surface area contributed by atoms with Crippen molar-refractivity contribution in [3.8, 4) is 0 Å². The van der Waals surface area contributed by atoms with Crippen molar-refractivity contribution >= 4 is 10.4 Å². The fraction of sp³-hybridized carbons (Fsp3) is 0. The van der Waals surface area contributed by atoms with Crippen LogP contribution >= 0.6 is 0 Å². The quantitative estimate of drug-likeness (QED) is 0.290. The minimum absolute atomic E-state index is 0. The zero-order valence-corrected chi connectivity index (χ0v) is 6.92. The van der Waals surface area contributed by atoms with Gasteiger partial charge in [0.15, 0.2) is 0 Å². The van der Waals surface area contributed by atoms with E-state index in [1.54, 1.807) is 0 Å². The molecule has 0 aliphatic rings. The molecule has 8 heavy (non-hydrogen) atoms. The second-order valence-corrected chi connectivity index (χ2v) is 1.22. The van der Waals surface area contributed by atoms with Crippen molar-refractivity contribution in [1.29, 1.82) is 0 Å². The Labute approximate surface area is 62.3 Å². The summed E-state index contributed by atoms with van der Waals surface area (Å²) in [6, 6.07) is 0. The van der Waals surface area contributed by atoms with E-state index in [0.29, 0.717) is 0 Å². The Kier molecular flexibility index (Phi) is 22.1. The molecule has 0 spiro atoms. The Balaban J connectivity index is -0.0000000267. The van der Waals surface area contributed by atoms with Gasteiger partial charge in [0.05, 0.1) is 0 Å². The van der Waals surface area contributed by atoms with Gasteiger partial charge in [0.1, 0.15) is 0 Å². The van der Waals surface area contributed by atoms with Gasteiger partial charge < -0.3 is 21.4 Å². The maximum absolute atomic E-state index is 8.52. The van der Waals surface area contributed by atoms with E-state index in [1.165, 1.54) is 0 Å². The first-order valence-electron chi connectivity index (χ1n) is 0.667. The molecule has 0 atom stereocenters. The Morgan fingerprint density at radius 2 is 1.00 bits per heavy atom. The zero-order valence-electron chi connectivity index (χ0n) is 4.54. The average Bonchev–Trinajstić information content (AvgIpc) is 0.722. The average molecular weight is 180 g/mol. The first kappa shape index (κ1) is 23.6. The monoisotopic (exact) mass is 180 g/mol. The SMILES string of the molecule is O=S(=O)([O-])[O-].[NH4+].[NH4+].[Ti]. The summed E-state index contributed by atoms with van der Waals surface area (Å²) in [5, 5.41) is 0. The van der Waals surface area contributed by atoms with E-state index in [1.807, 2.05) is 0 Å². The van der Waals surface area contributed by atoms with Gasteiger partial charge in [0.25, 0.3) is 0 Å². The van der Waals surface area contributed by atoms with Crippen molar-refractivity contribution in [1.82, 2.24) is 12.3 Å². The van der Waals surface area contributed by atoms with Crippen LogP contribution in [0.25, 0.3) is 0 Å². The summed E-state index contributed by atoms with van der Waals surface area (Å²) >= 11 is 0. The van der Waals surface area contributed by atoms with Gasteiger partial charge in [0, 0.05) is 32.1 Å². The van der Waals surface area contributed by atoms with Crippen molar-refractivity contribution in [3.63, 3.8) is 0 Å². The second kappa shape index (κ2) is 7.50. The molecule has 0 saturated carbocycles. The van der Waals surface area contributed by atoms with Crippen LogP contribution in [-0.2, 0) is 32.1 Å². The maximum atomic E-state index is 8.52. The molecule has 0 aromatic rings. The molecule has 8 N–H and O–H groups in total. The number of hydrogen-bond donors (Lipinski definition) is 2. The third-order valence-electron chi connectivity index (χ3n) is 0. The molecule has 0 bridgehead atoms. The van der Waals surface area contributed by atoms with E-state index < -0.39 is 10.4 Å². The Morgan fingerprint density at radius 3 is 1.00 bits per heavy atom. The number of quaternary nitrogens is 2. The molecular formula is H8N2O4STi. The minimum Gasteiger partial charge on any atom is -0.759 e. The zero-order chi connectivity index (χ0) is 4.50. The third-order valence-corrected chi connectivity index (χ3v) is 0. The molecule has 0 aliphatic heterocycles. The van der Waals surface area contributed by atoms with Crippen LogP contribution in [-0.4, -0.2) is 17.5 Å². The van der Waals surface area contributed by atoms with Crippen LogP contribution in [0.1, 0.15) is 0 Å². The van der Waals surface area contributed by atoms with Crippen molar-refractivity contribution < 1.29 is 39.2 Å². The van der Waals surface area contributed by atoms with Crippen molar-refractivity contribution in [2.24, 2.45) is 0 Å². The van der Waals surface area contributed by atoms with Gasteiger partial charge in [0.2, 0.25) is 0 Å². The second-order valence-electron chi connectivity index (χ2n) is 0.408. The summed E-state index contributed by atoms with van der Waals surface area (Å²) < 4.78 is 34.1. The Bertz CT molecular complexity index is 97.2. The van der Waals surface area contributed by atoms with Crippen LogP contribution in [0.2, 0.25) is 0 Å². The molecule has 0 aliphatic carbocycles. The number of hydrogen-bond acceptors (Lipinski definition) is 4. The van der Waals surface area contributed by atoms with Crippen LogP contribution < -0.4 is 12.3 Å². The van der Waals surface area contributed by atoms with E-state index in [9.17, 15) is 0 Å². The molecule has 0 aromatic heterocycles. The third kappa shape index (κ3) is 775. The standard InChI is InChI=1S/2H3N.H2O4S.Ti/c;;1-5(2,3)4;/h2*1H3;(H2,1,2,3,4);. The van der Waals surface area contributed by atoms with E-state index in [-0.39, 0.29) is 34.0 Å². The molecule has 0 saturated heterocycles. The molecule has 8 heteroatoms. The predicted octanol–water partition coefficient (Wildman–Crippen LogP) is -0.588. The Morgan fingerprint density at radius 1 is 1.00 bits per heavy atom. The summed E-state index contributed by atoms with van der Waals surface area (Å²) in [6.45, 7) is 0. The molecule has 0 aromatic carbocycles. The summed E-state index contributed by atoms with van der Waals surface area (Å²) in [5.74, 6) is 0. The van der Waals surface area contributed by atoms with Gasteiger partial charge >= 0.3 is 0 Å². The molecule has 52 valence electrons. The van der Waals surface area contributed by atoms with Crippen LogP contribution in [0.4, 0.5) is 0 Å². The Hall–Kier alpha value is 0.504. The van der Waals surface area contributed by atoms with Gasteiger partial charge in [-0.05, 0) is 0 Å². The normalized spacial score (nSPS) is 7.25. The molecule has 0 radical (unpaired) electrons. The van der Waals surface area contributed by atoms with Gasteiger partial charge in [-0.15, -0.1) is 0 Å². The summed E-state index contributed by atoms with van der Waals surface area (Å²) in [4.78, 5) is 0. The van der Waals surface area contributed by atoms with Gasteiger partial charge in [-0.2, -0.15) is 0 Å². The van der Waals surface area contributed by atoms with Crippen molar-refractivity contribution in [2.75, 3.05) is 0 Å². The fourth-order valence-electron chi connectivity index (χ4n) is 0. The van der Waals surface area contributed by atoms with Crippen molar-refractivity contribution in [2.45, 2.75) is 0 Å². The van der Waals surface area contributed by atoms with Crippen LogP contribution in [0, 0.1) is 0 Å². The van der Waals surface area contributed by atoms with E-state index in [0.717, 1.165) is 0 Å². The van der Waals surface area contributed by atoms with E-state index in [4.69, 9.17) is 17.5 Å². The molecular weight excluding hydrogens is 172 g/mol. The maximum Gasteiger partial charge on any atom is 0.0311 e. The molecule has 6 nitrogen and oxygen atoms in total. The van der Waals surface area contributed by atoms with E-state index in [2.05, 4.69) is 0 Å². The minimum atomic E-state index is -5.17. The predicted molar refractivity (Wildman–Crippen MR) is 22.4 cm³/mol. The van der Waals surface area contributed by atoms with Gasteiger partial charge in [-0.1, -0.05) is 0 Å². The van der Waals surface area contributed by atoms with E-state index >= 15 is 0 Å². The molecule has 0 heterocycles. The van der Waals surface area contributed by atoms with Crippen LogP contribution in [0.15, 0.2) is 0 Å². The van der Waals surface area contributed by atoms with Gasteiger partial charge in [-0.25, -0.2) is 0 Å². The van der Waals surface area contributed by atoms with Crippen LogP contribution in [0.3, 0.4) is 0 Å².